The molecule has 0 spiro atoms. The Kier molecular flexibility index (Phi) is 8.74. The molecule has 0 saturated carbocycles. The zero-order valence-corrected chi connectivity index (χ0v) is 22.2. The van der Waals surface area contributed by atoms with Gasteiger partial charge in [-0.2, -0.15) is 0 Å². The molecule has 1 aromatic heterocycles. The topological polar surface area (TPSA) is 107 Å². The highest BCUT2D eigenvalue weighted by molar-refractivity contribution is 5.92. The van der Waals surface area contributed by atoms with Crippen LogP contribution < -0.4 is 14.8 Å². The summed E-state index contributed by atoms with van der Waals surface area (Å²) in [6, 6.07) is 12.2. The molecule has 2 aromatic carbocycles. The number of ether oxygens (including phenoxy) is 2. The van der Waals surface area contributed by atoms with E-state index in [-0.39, 0.29) is 25.7 Å². The van der Waals surface area contributed by atoms with Gasteiger partial charge in [0.25, 0.3) is 0 Å². The minimum atomic E-state index is -0.464. The molecule has 1 amide bonds. The van der Waals surface area contributed by atoms with E-state index in [9.17, 15) is 15.0 Å². The number of carbonyl (C=O) groups excluding carboxylic acids is 1. The van der Waals surface area contributed by atoms with Gasteiger partial charge in [0.2, 0.25) is 5.91 Å². The Hall–Kier alpha value is -3.07. The molecule has 0 atom stereocenters. The lowest BCUT2D eigenvalue weighted by atomic mass is 9.87. The highest BCUT2D eigenvalue weighted by atomic mass is 16.5. The van der Waals surface area contributed by atoms with Gasteiger partial charge in [-0.05, 0) is 66.1 Å². The monoisotopic (exact) mass is 509 g/mol. The van der Waals surface area contributed by atoms with E-state index >= 15 is 0 Å². The number of H-pyrrole nitrogens is 1. The Morgan fingerprint density at radius 1 is 1.05 bits per heavy atom. The summed E-state index contributed by atoms with van der Waals surface area (Å²) < 4.78 is 11.0. The summed E-state index contributed by atoms with van der Waals surface area (Å²) in [6.07, 6.45) is 1.81. The number of aromatic nitrogens is 1. The van der Waals surface area contributed by atoms with E-state index in [1.807, 2.05) is 17.0 Å². The summed E-state index contributed by atoms with van der Waals surface area (Å²) in [4.78, 5) is 18.1. The van der Waals surface area contributed by atoms with E-state index in [1.54, 1.807) is 14.2 Å². The molecule has 1 aliphatic heterocycles. The lowest BCUT2D eigenvalue weighted by molar-refractivity contribution is -0.131. The van der Waals surface area contributed by atoms with Crippen molar-refractivity contribution in [1.82, 2.24) is 15.2 Å². The summed E-state index contributed by atoms with van der Waals surface area (Å²) in [5.41, 5.74) is 5.85. The van der Waals surface area contributed by atoms with E-state index < -0.39 is 6.04 Å². The molecule has 200 valence electrons. The van der Waals surface area contributed by atoms with Crippen molar-refractivity contribution >= 4 is 16.8 Å². The number of hydrogen-bond acceptors (Lipinski definition) is 6. The maximum atomic E-state index is 12.6. The van der Waals surface area contributed by atoms with Crippen molar-refractivity contribution in [3.63, 3.8) is 0 Å². The average Bonchev–Trinajstić information content (AvgIpc) is 3.32. The number of methoxy groups -OCH3 is 2. The van der Waals surface area contributed by atoms with Crippen LogP contribution in [0, 0.1) is 0 Å². The molecule has 1 aliphatic rings. The van der Waals surface area contributed by atoms with Crippen LogP contribution in [0.2, 0.25) is 0 Å². The summed E-state index contributed by atoms with van der Waals surface area (Å²) >= 11 is 0. The molecule has 3 aromatic rings. The standard InChI is InChI=1S/C29H39N3O5/c1-18(2)28-23-13-20(19-9-11-32(12-10-19)27(35)15-30-22(16-33)17-34)5-7-24(23)31-29(28)21-6-8-25(36-3)26(14-21)37-4/h5-8,13-14,18-19,22,30-31,33-34H,9-12,15-17H2,1-4H3. The maximum Gasteiger partial charge on any atom is 0.236 e. The average molecular weight is 510 g/mol. The Morgan fingerprint density at radius 3 is 2.38 bits per heavy atom. The molecule has 2 heterocycles. The molecule has 0 radical (unpaired) electrons. The van der Waals surface area contributed by atoms with Gasteiger partial charge in [-0.25, -0.2) is 0 Å². The van der Waals surface area contributed by atoms with Gasteiger partial charge in [-0.3, -0.25) is 4.79 Å². The number of nitrogens with zero attached hydrogens (tertiary/aromatic N) is 1. The van der Waals surface area contributed by atoms with E-state index in [2.05, 4.69) is 48.4 Å². The van der Waals surface area contributed by atoms with Gasteiger partial charge < -0.3 is 34.9 Å². The number of aliphatic hydroxyl groups excluding tert-OH is 2. The fourth-order valence-corrected chi connectivity index (χ4v) is 5.30. The van der Waals surface area contributed by atoms with Crippen LogP contribution in [0.25, 0.3) is 22.2 Å². The van der Waals surface area contributed by atoms with Crippen molar-refractivity contribution in [3.8, 4) is 22.8 Å². The molecule has 0 aliphatic carbocycles. The van der Waals surface area contributed by atoms with Crippen molar-refractivity contribution < 1.29 is 24.5 Å². The largest absolute Gasteiger partial charge is 0.493 e. The molecule has 0 bridgehead atoms. The first-order valence-electron chi connectivity index (χ1n) is 13.0. The third-order valence-electron chi connectivity index (χ3n) is 7.41. The quantitative estimate of drug-likeness (QED) is 0.333. The Labute approximate surface area is 218 Å². The maximum absolute atomic E-state index is 12.6. The molecule has 4 N–H and O–H groups in total. The molecule has 8 nitrogen and oxygen atoms in total. The van der Waals surface area contributed by atoms with Crippen molar-refractivity contribution in [2.45, 2.75) is 44.6 Å². The first-order chi connectivity index (χ1) is 17.9. The van der Waals surface area contributed by atoms with Crippen molar-refractivity contribution in [3.05, 3.63) is 47.5 Å². The van der Waals surface area contributed by atoms with Gasteiger partial charge in [-0.15, -0.1) is 0 Å². The van der Waals surface area contributed by atoms with E-state index in [1.165, 1.54) is 16.5 Å². The summed E-state index contributed by atoms with van der Waals surface area (Å²) in [5.74, 6) is 2.13. The summed E-state index contributed by atoms with van der Waals surface area (Å²) in [5, 5.41) is 22.5. The molecule has 8 heteroatoms. The SMILES string of the molecule is COc1ccc(-c2[nH]c3ccc(C4CCN(C(=O)CNC(CO)CO)CC4)cc3c2C(C)C)cc1OC. The van der Waals surface area contributed by atoms with Crippen molar-refractivity contribution in [2.75, 3.05) is 47.1 Å². The fraction of sp³-hybridized carbons (Fsp3) is 0.483. The van der Waals surface area contributed by atoms with E-state index in [0.29, 0.717) is 36.4 Å². The van der Waals surface area contributed by atoms with Crippen LogP contribution in [0.5, 0.6) is 11.5 Å². The molecule has 37 heavy (non-hydrogen) atoms. The number of amides is 1. The highest BCUT2D eigenvalue weighted by Gasteiger charge is 2.25. The second-order valence-electron chi connectivity index (χ2n) is 10.0. The molecule has 1 saturated heterocycles. The number of carbonyl (C=O) groups is 1. The first kappa shape index (κ1) is 27.0. The van der Waals surface area contributed by atoms with Gasteiger partial charge in [0, 0.05) is 29.6 Å². The van der Waals surface area contributed by atoms with Crippen LogP contribution >= 0.6 is 0 Å². The summed E-state index contributed by atoms with van der Waals surface area (Å²) in [7, 11) is 3.29. The lowest BCUT2D eigenvalue weighted by Crippen LogP contribution is -2.46. The number of rotatable bonds is 10. The van der Waals surface area contributed by atoms with Crippen molar-refractivity contribution in [1.29, 1.82) is 0 Å². The molecule has 0 unspecified atom stereocenters. The summed E-state index contributed by atoms with van der Waals surface area (Å²) in [6.45, 7) is 5.58. The predicted octanol–water partition coefficient (Wildman–Crippen LogP) is 3.62. The van der Waals surface area contributed by atoms with Gasteiger partial charge in [-0.1, -0.05) is 19.9 Å². The van der Waals surface area contributed by atoms with Gasteiger partial charge in [0.1, 0.15) is 0 Å². The number of likely N-dealkylation sites (tertiary alicyclic amines) is 1. The third-order valence-corrected chi connectivity index (χ3v) is 7.41. The number of benzene rings is 2. The Morgan fingerprint density at radius 2 is 1.76 bits per heavy atom. The van der Waals surface area contributed by atoms with Crippen LogP contribution in [-0.2, 0) is 4.79 Å². The smallest absolute Gasteiger partial charge is 0.236 e. The lowest BCUT2D eigenvalue weighted by Gasteiger charge is -2.32. The zero-order valence-electron chi connectivity index (χ0n) is 22.2. The second kappa shape index (κ2) is 12.0. The minimum absolute atomic E-state index is 0.00749. The number of hydrogen-bond donors (Lipinski definition) is 4. The molecule has 4 rings (SSSR count). The van der Waals surface area contributed by atoms with Gasteiger partial charge >= 0.3 is 0 Å². The predicted molar refractivity (Wildman–Crippen MR) is 145 cm³/mol. The van der Waals surface area contributed by atoms with Crippen LogP contribution in [0.15, 0.2) is 36.4 Å². The zero-order chi connectivity index (χ0) is 26.5. The van der Waals surface area contributed by atoms with E-state index in [4.69, 9.17) is 9.47 Å². The minimum Gasteiger partial charge on any atom is -0.493 e. The molecular formula is C29H39N3O5. The van der Waals surface area contributed by atoms with E-state index in [0.717, 1.165) is 29.6 Å². The Bertz CT molecular complexity index is 1210. The van der Waals surface area contributed by atoms with Crippen molar-refractivity contribution in [2.24, 2.45) is 0 Å². The Balaban J connectivity index is 1.54. The van der Waals surface area contributed by atoms with Crippen LogP contribution in [0.3, 0.4) is 0 Å². The number of fused-ring (bicyclic) bond motifs is 1. The van der Waals surface area contributed by atoms with Crippen LogP contribution in [0.4, 0.5) is 0 Å². The van der Waals surface area contributed by atoms with Gasteiger partial charge in [0.15, 0.2) is 11.5 Å². The number of piperidine rings is 1. The normalized spacial score (nSPS) is 14.6. The van der Waals surface area contributed by atoms with Gasteiger partial charge in [0.05, 0.1) is 45.7 Å². The van der Waals surface area contributed by atoms with Crippen LogP contribution in [-0.4, -0.2) is 79.1 Å². The third kappa shape index (κ3) is 5.76. The molecular weight excluding hydrogens is 470 g/mol. The highest BCUT2D eigenvalue weighted by Crippen LogP contribution is 2.40. The number of aromatic amines is 1. The first-order valence-corrected chi connectivity index (χ1v) is 13.0. The number of nitrogens with one attached hydrogen (secondary N) is 2. The fourth-order valence-electron chi connectivity index (χ4n) is 5.30. The second-order valence-corrected chi connectivity index (χ2v) is 10.0. The molecule has 1 fully saturated rings. The number of aliphatic hydroxyl groups is 2. The van der Waals surface area contributed by atoms with Crippen LogP contribution in [0.1, 0.15) is 49.7 Å².